The summed E-state index contributed by atoms with van der Waals surface area (Å²) in [6.07, 6.45) is 2.85. The molecule has 10 heteroatoms. The monoisotopic (exact) mass is 550 g/mol. The van der Waals surface area contributed by atoms with Crippen molar-refractivity contribution >= 4 is 41.8 Å². The van der Waals surface area contributed by atoms with Crippen molar-refractivity contribution in [2.24, 2.45) is 10.9 Å². The van der Waals surface area contributed by atoms with Crippen molar-refractivity contribution in [3.63, 3.8) is 0 Å². The number of guanidine groups is 1. The minimum Gasteiger partial charge on any atom is -0.450 e. The van der Waals surface area contributed by atoms with Crippen molar-refractivity contribution in [1.82, 2.24) is 20.9 Å². The van der Waals surface area contributed by atoms with Gasteiger partial charge in [-0.1, -0.05) is 13.8 Å². The molecule has 1 aromatic heterocycles. The fourth-order valence-corrected chi connectivity index (χ4v) is 3.48. The van der Waals surface area contributed by atoms with Gasteiger partial charge in [-0.25, -0.2) is 14.2 Å². The zero-order chi connectivity index (χ0) is 21.9. The van der Waals surface area contributed by atoms with Crippen molar-refractivity contribution in [2.75, 3.05) is 37.7 Å². The number of anilines is 1. The van der Waals surface area contributed by atoms with E-state index in [9.17, 15) is 9.18 Å². The number of carbonyl (C=O) groups is 1. The van der Waals surface area contributed by atoms with Crippen LogP contribution in [-0.4, -0.2) is 61.9 Å². The lowest BCUT2D eigenvalue weighted by Gasteiger charge is -2.21. The molecule has 1 saturated heterocycles. The molecule has 0 radical (unpaired) electrons. The highest BCUT2D eigenvalue weighted by molar-refractivity contribution is 14.0. The average Bonchev–Trinajstić information content (AvgIpc) is 3.14. The Morgan fingerprint density at radius 3 is 2.84 bits per heavy atom. The van der Waals surface area contributed by atoms with Gasteiger partial charge in [0.2, 0.25) is 0 Å². The summed E-state index contributed by atoms with van der Waals surface area (Å²) in [6.45, 7) is 10.9. The fourth-order valence-electron chi connectivity index (χ4n) is 3.48. The van der Waals surface area contributed by atoms with Gasteiger partial charge in [-0.05, 0) is 44.7 Å². The van der Waals surface area contributed by atoms with E-state index < -0.39 is 6.09 Å². The summed E-state index contributed by atoms with van der Waals surface area (Å²) in [5, 5.41) is 9.57. The minimum atomic E-state index is -0.417. The number of nitrogens with zero attached hydrogens (tertiary/aromatic N) is 3. The first kappa shape index (κ1) is 27.2. The van der Waals surface area contributed by atoms with Gasteiger partial charge < -0.3 is 25.6 Å². The van der Waals surface area contributed by atoms with Gasteiger partial charge >= 0.3 is 6.09 Å². The van der Waals surface area contributed by atoms with E-state index in [1.807, 2.05) is 11.8 Å². The maximum atomic E-state index is 14.0. The quantitative estimate of drug-likeness (QED) is 0.249. The van der Waals surface area contributed by atoms with Crippen LogP contribution in [0, 0.1) is 11.7 Å². The van der Waals surface area contributed by atoms with Gasteiger partial charge in [0.05, 0.1) is 19.2 Å². The Labute approximate surface area is 201 Å². The molecule has 0 bridgehead atoms. The van der Waals surface area contributed by atoms with E-state index in [-0.39, 0.29) is 41.9 Å². The van der Waals surface area contributed by atoms with Crippen molar-refractivity contribution in [3.8, 4) is 0 Å². The van der Waals surface area contributed by atoms with Crippen LogP contribution in [0.15, 0.2) is 23.3 Å². The highest BCUT2D eigenvalue weighted by Gasteiger charge is 2.26. The van der Waals surface area contributed by atoms with E-state index in [2.05, 4.69) is 39.8 Å². The van der Waals surface area contributed by atoms with Crippen LogP contribution in [0.3, 0.4) is 0 Å². The Hall–Kier alpha value is -1.85. The number of hydrogen-bond acceptors (Lipinski definition) is 5. The normalized spacial score (nSPS) is 17.2. The van der Waals surface area contributed by atoms with Crippen LogP contribution in [0.5, 0.6) is 0 Å². The van der Waals surface area contributed by atoms with Crippen molar-refractivity contribution in [1.29, 1.82) is 0 Å². The number of pyridine rings is 1. The molecule has 3 N–H and O–H groups in total. The van der Waals surface area contributed by atoms with Crippen LogP contribution in [0.2, 0.25) is 0 Å². The van der Waals surface area contributed by atoms with E-state index in [1.54, 1.807) is 19.2 Å². The smallest absolute Gasteiger partial charge is 0.407 e. The number of aliphatic imine (C=N–C) groups is 1. The molecule has 0 saturated carbocycles. The number of halogens is 2. The van der Waals surface area contributed by atoms with Crippen LogP contribution in [0.1, 0.15) is 40.5 Å². The van der Waals surface area contributed by atoms with Crippen LogP contribution in [-0.2, 0) is 4.74 Å². The molecule has 1 aliphatic rings. The molecule has 1 aliphatic heterocycles. The second-order valence-electron chi connectivity index (χ2n) is 7.80. The number of hydrogen-bond donors (Lipinski definition) is 3. The van der Waals surface area contributed by atoms with Gasteiger partial charge in [-0.15, -0.1) is 24.0 Å². The Bertz CT molecular complexity index is 706. The van der Waals surface area contributed by atoms with Crippen LogP contribution in [0.4, 0.5) is 15.0 Å². The molecule has 2 unspecified atom stereocenters. The highest BCUT2D eigenvalue weighted by Crippen LogP contribution is 2.20. The molecular weight excluding hydrogens is 514 g/mol. The van der Waals surface area contributed by atoms with Gasteiger partial charge in [0, 0.05) is 31.9 Å². The molecule has 1 fully saturated rings. The number of rotatable bonds is 9. The number of amides is 1. The molecule has 31 heavy (non-hydrogen) atoms. The van der Waals surface area contributed by atoms with Gasteiger partial charge in [-0.3, -0.25) is 4.99 Å². The molecule has 8 nitrogen and oxygen atoms in total. The summed E-state index contributed by atoms with van der Waals surface area (Å²) < 4.78 is 19.0. The van der Waals surface area contributed by atoms with Gasteiger partial charge in [0.25, 0.3) is 0 Å². The number of nitrogens with one attached hydrogen (secondary N) is 3. The zero-order valence-corrected chi connectivity index (χ0v) is 21.2. The van der Waals surface area contributed by atoms with E-state index in [4.69, 9.17) is 4.74 Å². The van der Waals surface area contributed by atoms with E-state index in [0.29, 0.717) is 37.4 Å². The summed E-state index contributed by atoms with van der Waals surface area (Å²) >= 11 is 0. The van der Waals surface area contributed by atoms with E-state index in [0.717, 1.165) is 25.9 Å². The molecule has 0 aliphatic carbocycles. The largest absolute Gasteiger partial charge is 0.450 e. The molecule has 2 rings (SSSR count). The SMILES string of the molecule is CCNC(=NCC(CC(C)C)NC(=O)OCC)NC1CCN(c2ncccc2F)C1.I. The fraction of sp³-hybridized carbons (Fsp3) is 0.667. The van der Waals surface area contributed by atoms with Crippen LogP contribution >= 0.6 is 24.0 Å². The molecule has 1 amide bonds. The second kappa shape index (κ2) is 14.3. The Kier molecular flexibility index (Phi) is 12.5. The van der Waals surface area contributed by atoms with Gasteiger partial charge in [-0.2, -0.15) is 0 Å². The highest BCUT2D eigenvalue weighted by atomic mass is 127. The third-order valence-corrected chi connectivity index (χ3v) is 4.74. The van der Waals surface area contributed by atoms with E-state index >= 15 is 0 Å². The molecule has 2 heterocycles. The first-order chi connectivity index (χ1) is 14.4. The van der Waals surface area contributed by atoms with Crippen LogP contribution in [0.25, 0.3) is 0 Å². The lowest BCUT2D eigenvalue weighted by molar-refractivity contribution is 0.147. The molecule has 176 valence electrons. The molecule has 0 spiro atoms. The standard InChI is InChI=1S/C21H35FN6O2.HI/c1-5-23-20(25-13-17(12-15(3)4)27-21(29)30-6-2)26-16-9-11-28(14-16)19-18(22)8-7-10-24-19;/h7-8,10,15-17H,5-6,9,11-14H2,1-4H3,(H,27,29)(H2,23,25,26);1H. The minimum absolute atomic E-state index is 0. The molecule has 2 atom stereocenters. The van der Waals surface area contributed by atoms with Crippen LogP contribution < -0.4 is 20.9 Å². The summed E-state index contributed by atoms with van der Waals surface area (Å²) in [4.78, 5) is 22.6. The van der Waals surface area contributed by atoms with Gasteiger partial charge in [0.1, 0.15) is 0 Å². The predicted molar refractivity (Wildman–Crippen MR) is 133 cm³/mol. The number of alkyl carbamates (subject to hydrolysis) is 1. The molecule has 0 aromatic carbocycles. The van der Waals surface area contributed by atoms with Crippen molar-refractivity contribution in [2.45, 2.75) is 52.6 Å². The van der Waals surface area contributed by atoms with Crippen molar-refractivity contribution in [3.05, 3.63) is 24.1 Å². The van der Waals surface area contributed by atoms with Gasteiger partial charge in [0.15, 0.2) is 17.6 Å². The summed E-state index contributed by atoms with van der Waals surface area (Å²) in [7, 11) is 0. The molecular formula is C21H36FIN6O2. The topological polar surface area (TPSA) is 90.9 Å². The number of ether oxygens (including phenoxy) is 1. The summed E-state index contributed by atoms with van der Waals surface area (Å²) in [5.74, 6) is 1.18. The lowest BCUT2D eigenvalue weighted by atomic mass is 10.0. The summed E-state index contributed by atoms with van der Waals surface area (Å²) in [5.41, 5.74) is 0. The predicted octanol–water partition coefficient (Wildman–Crippen LogP) is 3.13. The Morgan fingerprint density at radius 1 is 1.42 bits per heavy atom. The van der Waals surface area contributed by atoms with Crippen molar-refractivity contribution < 1.29 is 13.9 Å². The third-order valence-electron chi connectivity index (χ3n) is 4.74. The Balaban J connectivity index is 0.00000480. The maximum Gasteiger partial charge on any atom is 0.407 e. The maximum absolute atomic E-state index is 14.0. The number of aromatic nitrogens is 1. The number of carbonyl (C=O) groups excluding carboxylic acids is 1. The zero-order valence-electron chi connectivity index (χ0n) is 18.9. The lowest BCUT2D eigenvalue weighted by Crippen LogP contribution is -2.46. The first-order valence-electron chi connectivity index (χ1n) is 10.8. The average molecular weight is 550 g/mol. The first-order valence-corrected chi connectivity index (χ1v) is 10.8. The summed E-state index contributed by atoms with van der Waals surface area (Å²) in [6, 6.07) is 3.05. The second-order valence-corrected chi connectivity index (χ2v) is 7.80. The Morgan fingerprint density at radius 2 is 2.19 bits per heavy atom. The van der Waals surface area contributed by atoms with E-state index in [1.165, 1.54) is 6.07 Å². The third kappa shape index (κ3) is 9.44. The molecule has 1 aromatic rings.